The van der Waals surface area contributed by atoms with Crippen LogP contribution in [-0.2, 0) is 0 Å². The number of hydrogen-bond acceptors (Lipinski definition) is 5. The summed E-state index contributed by atoms with van der Waals surface area (Å²) >= 11 is 0. The van der Waals surface area contributed by atoms with Crippen LogP contribution in [0, 0.1) is 0 Å². The number of aromatic nitrogens is 2. The van der Waals surface area contributed by atoms with Gasteiger partial charge in [-0.15, -0.1) is 0 Å². The molecule has 5 heteroatoms. The van der Waals surface area contributed by atoms with Crippen molar-refractivity contribution in [3.63, 3.8) is 0 Å². The van der Waals surface area contributed by atoms with Gasteiger partial charge in [0.2, 0.25) is 5.89 Å². The molecular formula is C16H26N4O. The van der Waals surface area contributed by atoms with Crippen molar-refractivity contribution in [2.75, 3.05) is 14.1 Å². The fourth-order valence-electron chi connectivity index (χ4n) is 4.79. The van der Waals surface area contributed by atoms with Crippen molar-refractivity contribution in [2.24, 2.45) is 0 Å². The first-order valence-corrected chi connectivity index (χ1v) is 8.49. The third-order valence-electron chi connectivity index (χ3n) is 6.12. The van der Waals surface area contributed by atoms with E-state index in [0.29, 0.717) is 17.9 Å². The fraction of sp³-hybridized carbons (Fsp3) is 0.875. The van der Waals surface area contributed by atoms with Crippen molar-refractivity contribution in [3.8, 4) is 0 Å². The normalized spacial score (nSPS) is 40.0. The van der Waals surface area contributed by atoms with Crippen LogP contribution in [0.4, 0.5) is 0 Å². The molecule has 2 aliphatic heterocycles. The summed E-state index contributed by atoms with van der Waals surface area (Å²) in [6, 6.07) is 1.96. The maximum atomic E-state index is 5.64. The quantitative estimate of drug-likeness (QED) is 0.925. The molecule has 5 nitrogen and oxygen atoms in total. The van der Waals surface area contributed by atoms with E-state index in [-0.39, 0.29) is 0 Å². The SMILES string of the molecule is CNC1CCCC1c1nc(C2CC3CCC(C2)N3C)no1. The lowest BCUT2D eigenvalue weighted by Gasteiger charge is -2.34. The molecule has 0 aromatic carbocycles. The summed E-state index contributed by atoms with van der Waals surface area (Å²) in [6.45, 7) is 0. The molecule has 1 N–H and O–H groups in total. The standard InChI is InChI=1S/C16H26N4O/c1-17-14-5-3-4-13(14)16-18-15(19-21-16)10-8-11-6-7-12(9-10)20(11)2/h10-14,17H,3-9H2,1-2H3. The van der Waals surface area contributed by atoms with Crippen LogP contribution in [0.25, 0.3) is 0 Å². The van der Waals surface area contributed by atoms with Crippen molar-refractivity contribution in [3.05, 3.63) is 11.7 Å². The van der Waals surface area contributed by atoms with Gasteiger partial charge in [0.05, 0.1) is 5.92 Å². The molecule has 4 unspecified atom stereocenters. The number of likely N-dealkylation sites (N-methyl/N-ethyl adjacent to an activating group) is 1. The summed E-state index contributed by atoms with van der Waals surface area (Å²) in [4.78, 5) is 7.36. The molecule has 116 valence electrons. The topological polar surface area (TPSA) is 54.2 Å². The second-order valence-electron chi connectivity index (χ2n) is 7.14. The van der Waals surface area contributed by atoms with Gasteiger partial charge in [0, 0.05) is 24.0 Å². The van der Waals surface area contributed by atoms with E-state index in [9.17, 15) is 0 Å². The van der Waals surface area contributed by atoms with Crippen molar-refractivity contribution in [1.82, 2.24) is 20.4 Å². The Hall–Kier alpha value is -0.940. The van der Waals surface area contributed by atoms with E-state index in [1.54, 1.807) is 0 Å². The molecule has 1 saturated carbocycles. The highest BCUT2D eigenvalue weighted by Crippen LogP contribution is 2.42. The van der Waals surface area contributed by atoms with E-state index in [1.807, 2.05) is 7.05 Å². The van der Waals surface area contributed by atoms with Crippen LogP contribution in [0.1, 0.15) is 68.5 Å². The molecule has 21 heavy (non-hydrogen) atoms. The Balaban J connectivity index is 1.50. The average molecular weight is 290 g/mol. The molecule has 0 radical (unpaired) electrons. The Bertz CT molecular complexity index is 488. The second-order valence-corrected chi connectivity index (χ2v) is 7.14. The predicted molar refractivity (Wildman–Crippen MR) is 80.3 cm³/mol. The number of hydrogen-bond donors (Lipinski definition) is 1. The molecule has 4 atom stereocenters. The summed E-state index contributed by atoms with van der Waals surface area (Å²) in [6.07, 6.45) is 8.73. The van der Waals surface area contributed by atoms with Crippen LogP contribution in [0.2, 0.25) is 0 Å². The molecule has 0 spiro atoms. The van der Waals surface area contributed by atoms with E-state index < -0.39 is 0 Å². The Labute approximate surface area is 126 Å². The Morgan fingerprint density at radius 3 is 2.62 bits per heavy atom. The molecule has 0 amide bonds. The third kappa shape index (κ3) is 2.30. The zero-order chi connectivity index (χ0) is 14.4. The van der Waals surface area contributed by atoms with Gasteiger partial charge in [0.25, 0.3) is 0 Å². The first-order chi connectivity index (χ1) is 10.3. The monoisotopic (exact) mass is 290 g/mol. The van der Waals surface area contributed by atoms with E-state index in [4.69, 9.17) is 9.51 Å². The van der Waals surface area contributed by atoms with Gasteiger partial charge in [-0.3, -0.25) is 0 Å². The smallest absolute Gasteiger partial charge is 0.231 e. The second kappa shape index (κ2) is 5.36. The molecule has 1 aromatic heterocycles. The molecule has 3 aliphatic rings. The Morgan fingerprint density at radius 1 is 1.14 bits per heavy atom. The maximum Gasteiger partial charge on any atom is 0.231 e. The molecule has 1 aromatic rings. The zero-order valence-corrected chi connectivity index (χ0v) is 13.1. The van der Waals surface area contributed by atoms with Crippen LogP contribution < -0.4 is 5.32 Å². The lowest BCUT2D eigenvalue weighted by molar-refractivity contribution is 0.157. The maximum absolute atomic E-state index is 5.64. The van der Waals surface area contributed by atoms with Crippen molar-refractivity contribution in [2.45, 2.75) is 74.9 Å². The lowest BCUT2D eigenvalue weighted by Crippen LogP contribution is -2.39. The summed E-state index contributed by atoms with van der Waals surface area (Å²) in [5, 5.41) is 7.74. The fourth-order valence-corrected chi connectivity index (χ4v) is 4.79. The van der Waals surface area contributed by atoms with E-state index in [0.717, 1.165) is 23.8 Å². The largest absolute Gasteiger partial charge is 0.339 e. The summed E-state index contributed by atoms with van der Waals surface area (Å²) in [7, 11) is 4.31. The van der Waals surface area contributed by atoms with Crippen molar-refractivity contribution in [1.29, 1.82) is 0 Å². The number of nitrogens with one attached hydrogen (secondary N) is 1. The van der Waals surface area contributed by atoms with Crippen LogP contribution >= 0.6 is 0 Å². The van der Waals surface area contributed by atoms with Gasteiger partial charge in [0.1, 0.15) is 0 Å². The van der Waals surface area contributed by atoms with Crippen LogP contribution in [0.15, 0.2) is 4.52 Å². The number of rotatable bonds is 3. The number of piperidine rings is 1. The van der Waals surface area contributed by atoms with Gasteiger partial charge in [-0.05, 0) is 52.6 Å². The molecule has 2 saturated heterocycles. The van der Waals surface area contributed by atoms with E-state index in [2.05, 4.69) is 22.4 Å². The Kier molecular flexibility index (Phi) is 3.50. The van der Waals surface area contributed by atoms with E-state index >= 15 is 0 Å². The minimum Gasteiger partial charge on any atom is -0.339 e. The molecule has 2 bridgehead atoms. The molecule has 3 heterocycles. The first kappa shape index (κ1) is 13.7. The predicted octanol–water partition coefficient (Wildman–Crippen LogP) is 2.27. The molecular weight excluding hydrogens is 264 g/mol. The van der Waals surface area contributed by atoms with Crippen LogP contribution in [0.3, 0.4) is 0 Å². The van der Waals surface area contributed by atoms with Gasteiger partial charge in [-0.25, -0.2) is 0 Å². The minimum absolute atomic E-state index is 0.416. The zero-order valence-electron chi connectivity index (χ0n) is 13.1. The van der Waals surface area contributed by atoms with Gasteiger partial charge >= 0.3 is 0 Å². The van der Waals surface area contributed by atoms with Crippen LogP contribution in [-0.4, -0.2) is 47.3 Å². The number of nitrogens with zero attached hydrogens (tertiary/aromatic N) is 3. The first-order valence-electron chi connectivity index (χ1n) is 8.49. The molecule has 3 fully saturated rings. The van der Waals surface area contributed by atoms with Gasteiger partial charge < -0.3 is 14.7 Å². The summed E-state index contributed by atoms with van der Waals surface area (Å²) in [5.74, 6) is 2.76. The highest BCUT2D eigenvalue weighted by Gasteiger charge is 2.41. The van der Waals surface area contributed by atoms with Crippen molar-refractivity contribution >= 4 is 0 Å². The highest BCUT2D eigenvalue weighted by molar-refractivity contribution is 5.08. The summed E-state index contributed by atoms with van der Waals surface area (Å²) < 4.78 is 5.64. The molecule has 1 aliphatic carbocycles. The number of fused-ring (bicyclic) bond motifs is 2. The van der Waals surface area contributed by atoms with Crippen LogP contribution in [0.5, 0.6) is 0 Å². The van der Waals surface area contributed by atoms with Gasteiger partial charge in [0.15, 0.2) is 5.82 Å². The molecule has 4 rings (SSSR count). The summed E-state index contributed by atoms with van der Waals surface area (Å²) in [5.41, 5.74) is 0. The third-order valence-corrected chi connectivity index (χ3v) is 6.12. The van der Waals surface area contributed by atoms with Gasteiger partial charge in [-0.1, -0.05) is 11.6 Å². The highest BCUT2D eigenvalue weighted by atomic mass is 16.5. The van der Waals surface area contributed by atoms with Crippen molar-refractivity contribution < 1.29 is 4.52 Å². The average Bonchev–Trinajstić information content (AvgIpc) is 3.17. The Morgan fingerprint density at radius 2 is 1.90 bits per heavy atom. The minimum atomic E-state index is 0.416. The van der Waals surface area contributed by atoms with E-state index in [1.165, 1.54) is 44.9 Å². The lowest BCUT2D eigenvalue weighted by atomic mass is 9.90. The van der Waals surface area contributed by atoms with Gasteiger partial charge in [-0.2, -0.15) is 4.98 Å².